The van der Waals surface area contributed by atoms with Crippen LogP contribution in [-0.2, 0) is 14.6 Å². The number of rotatable bonds is 5. The van der Waals surface area contributed by atoms with Gasteiger partial charge in [0.1, 0.15) is 0 Å². The minimum atomic E-state index is -3.27. The van der Waals surface area contributed by atoms with Crippen LogP contribution < -0.4 is 0 Å². The lowest BCUT2D eigenvalue weighted by atomic mass is 10.1. The van der Waals surface area contributed by atoms with Crippen molar-refractivity contribution >= 4 is 32.9 Å². The molecule has 0 radical (unpaired) electrons. The average Bonchev–Trinajstić information content (AvgIpc) is 3.11. The van der Waals surface area contributed by atoms with Crippen LogP contribution in [-0.4, -0.2) is 43.9 Å². The van der Waals surface area contributed by atoms with E-state index in [0.717, 1.165) is 4.88 Å². The van der Waals surface area contributed by atoms with Gasteiger partial charge in [0.2, 0.25) is 5.91 Å². The van der Waals surface area contributed by atoms with Gasteiger partial charge in [-0.3, -0.25) is 9.59 Å². The summed E-state index contributed by atoms with van der Waals surface area (Å²) in [6.07, 6.45) is 0.652. The first-order valence-electron chi connectivity index (χ1n) is 8.58. The van der Waals surface area contributed by atoms with E-state index in [0.29, 0.717) is 18.5 Å². The SMILES string of the molecule is O=C(CCC(=O)N1CC[C@@H](c2cccs2)S(=O)(=O)CC1)c1ccccc1. The predicted molar refractivity (Wildman–Crippen MR) is 102 cm³/mol. The average molecular weight is 392 g/mol. The van der Waals surface area contributed by atoms with Gasteiger partial charge < -0.3 is 4.90 Å². The third-order valence-corrected chi connectivity index (χ3v) is 7.86. The molecule has 1 amide bonds. The molecule has 138 valence electrons. The molecule has 1 aromatic carbocycles. The molecule has 0 bridgehead atoms. The number of Topliss-reactive ketones (excluding diaryl/α,β-unsaturated/α-hetero) is 1. The summed E-state index contributed by atoms with van der Waals surface area (Å²) in [7, 11) is -3.27. The lowest BCUT2D eigenvalue weighted by Gasteiger charge is -2.19. The van der Waals surface area contributed by atoms with Crippen LogP contribution in [0, 0.1) is 0 Å². The van der Waals surface area contributed by atoms with Crippen molar-refractivity contribution in [3.63, 3.8) is 0 Å². The van der Waals surface area contributed by atoms with E-state index in [2.05, 4.69) is 0 Å². The summed E-state index contributed by atoms with van der Waals surface area (Å²) in [5.74, 6) is -0.261. The van der Waals surface area contributed by atoms with Gasteiger partial charge in [-0.25, -0.2) is 8.42 Å². The Kier molecular flexibility index (Phi) is 5.88. The monoisotopic (exact) mass is 391 g/mol. The van der Waals surface area contributed by atoms with Crippen LogP contribution in [0.25, 0.3) is 0 Å². The number of ketones is 1. The van der Waals surface area contributed by atoms with E-state index in [1.807, 2.05) is 23.6 Å². The number of thiophene rings is 1. The second-order valence-corrected chi connectivity index (χ2v) is 9.61. The van der Waals surface area contributed by atoms with Crippen molar-refractivity contribution in [2.24, 2.45) is 0 Å². The fourth-order valence-corrected chi connectivity index (χ4v) is 6.14. The Morgan fingerprint density at radius 3 is 2.50 bits per heavy atom. The Morgan fingerprint density at radius 2 is 1.81 bits per heavy atom. The molecule has 2 aromatic rings. The minimum Gasteiger partial charge on any atom is -0.342 e. The molecule has 1 fully saturated rings. The molecule has 1 aliphatic rings. The van der Waals surface area contributed by atoms with Gasteiger partial charge in [0.05, 0.1) is 11.0 Å². The zero-order chi connectivity index (χ0) is 18.6. The summed E-state index contributed by atoms with van der Waals surface area (Å²) in [6.45, 7) is 0.600. The lowest BCUT2D eigenvalue weighted by molar-refractivity contribution is -0.130. The number of carbonyl (C=O) groups excluding carboxylic acids is 2. The Labute approximate surface area is 157 Å². The molecule has 0 aliphatic carbocycles. The van der Waals surface area contributed by atoms with E-state index in [1.54, 1.807) is 29.2 Å². The van der Waals surface area contributed by atoms with Crippen molar-refractivity contribution in [1.29, 1.82) is 0 Å². The molecule has 3 rings (SSSR count). The van der Waals surface area contributed by atoms with E-state index in [1.165, 1.54) is 11.3 Å². The first-order valence-corrected chi connectivity index (χ1v) is 11.2. The number of benzene rings is 1. The predicted octanol–water partition coefficient (Wildman–Crippen LogP) is 3.10. The van der Waals surface area contributed by atoms with Crippen LogP contribution in [0.4, 0.5) is 0 Å². The molecule has 1 saturated heterocycles. The summed E-state index contributed by atoms with van der Waals surface area (Å²) >= 11 is 1.44. The first kappa shape index (κ1) is 18.8. The van der Waals surface area contributed by atoms with Gasteiger partial charge in [-0.15, -0.1) is 11.3 Å². The number of amides is 1. The summed E-state index contributed by atoms with van der Waals surface area (Å²) < 4.78 is 25.1. The van der Waals surface area contributed by atoms with Gasteiger partial charge in [0.25, 0.3) is 0 Å². The van der Waals surface area contributed by atoms with Gasteiger partial charge in [0, 0.05) is 36.4 Å². The number of carbonyl (C=O) groups is 2. The summed E-state index contributed by atoms with van der Waals surface area (Å²) in [4.78, 5) is 27.0. The standard InChI is InChI=1S/C19H21NO4S2/c21-16(15-5-2-1-3-6-15)8-9-19(22)20-11-10-18(17-7-4-13-25-17)26(23,24)14-12-20/h1-7,13,18H,8-12,14H2/t18-/m0/s1. The molecule has 5 nitrogen and oxygen atoms in total. The largest absolute Gasteiger partial charge is 0.342 e. The number of hydrogen-bond donors (Lipinski definition) is 0. The van der Waals surface area contributed by atoms with Crippen molar-refractivity contribution < 1.29 is 18.0 Å². The highest BCUT2D eigenvalue weighted by molar-refractivity contribution is 7.91. The highest BCUT2D eigenvalue weighted by atomic mass is 32.2. The van der Waals surface area contributed by atoms with Crippen LogP contribution in [0.3, 0.4) is 0 Å². The van der Waals surface area contributed by atoms with Crippen LogP contribution >= 0.6 is 11.3 Å². The summed E-state index contributed by atoms with van der Waals surface area (Å²) in [6, 6.07) is 12.6. The maximum Gasteiger partial charge on any atom is 0.223 e. The molecule has 0 N–H and O–H groups in total. The highest BCUT2D eigenvalue weighted by Crippen LogP contribution is 2.32. The van der Waals surface area contributed by atoms with Crippen molar-refractivity contribution in [3.8, 4) is 0 Å². The number of hydrogen-bond acceptors (Lipinski definition) is 5. The Morgan fingerprint density at radius 1 is 1.04 bits per heavy atom. The molecule has 0 spiro atoms. The lowest BCUT2D eigenvalue weighted by Crippen LogP contribution is -2.33. The molecular formula is C19H21NO4S2. The molecule has 7 heteroatoms. The summed E-state index contributed by atoms with van der Waals surface area (Å²) in [5.41, 5.74) is 0.594. The molecule has 2 heterocycles. The minimum absolute atomic E-state index is 0.0338. The number of nitrogens with zero attached hydrogens (tertiary/aromatic N) is 1. The fraction of sp³-hybridized carbons (Fsp3) is 0.368. The molecule has 26 heavy (non-hydrogen) atoms. The highest BCUT2D eigenvalue weighted by Gasteiger charge is 2.33. The quantitative estimate of drug-likeness (QED) is 0.734. The third-order valence-electron chi connectivity index (χ3n) is 4.62. The van der Waals surface area contributed by atoms with Gasteiger partial charge in [-0.1, -0.05) is 36.4 Å². The zero-order valence-electron chi connectivity index (χ0n) is 14.3. The molecule has 0 unspecified atom stereocenters. The molecule has 1 aliphatic heterocycles. The van der Waals surface area contributed by atoms with E-state index < -0.39 is 15.1 Å². The first-order chi connectivity index (χ1) is 12.5. The second-order valence-electron chi connectivity index (χ2n) is 6.33. The second kappa shape index (κ2) is 8.14. The fourth-order valence-electron chi connectivity index (χ4n) is 3.13. The van der Waals surface area contributed by atoms with Crippen LogP contribution in [0.5, 0.6) is 0 Å². The van der Waals surface area contributed by atoms with Crippen LogP contribution in [0.1, 0.15) is 39.7 Å². The van der Waals surface area contributed by atoms with E-state index in [4.69, 9.17) is 0 Å². The van der Waals surface area contributed by atoms with Gasteiger partial charge in [-0.2, -0.15) is 0 Å². The Balaban J connectivity index is 1.60. The van der Waals surface area contributed by atoms with E-state index in [9.17, 15) is 18.0 Å². The van der Waals surface area contributed by atoms with Gasteiger partial charge >= 0.3 is 0 Å². The van der Waals surface area contributed by atoms with Crippen molar-refractivity contribution in [3.05, 3.63) is 58.3 Å². The smallest absolute Gasteiger partial charge is 0.223 e. The van der Waals surface area contributed by atoms with Crippen molar-refractivity contribution in [2.75, 3.05) is 18.8 Å². The maximum atomic E-state index is 12.5. The zero-order valence-corrected chi connectivity index (χ0v) is 16.0. The maximum absolute atomic E-state index is 12.5. The molecular weight excluding hydrogens is 370 g/mol. The summed E-state index contributed by atoms with van der Waals surface area (Å²) in [5, 5.41) is 1.33. The topological polar surface area (TPSA) is 71.5 Å². The van der Waals surface area contributed by atoms with Crippen molar-refractivity contribution in [1.82, 2.24) is 4.90 Å². The molecule has 1 aromatic heterocycles. The van der Waals surface area contributed by atoms with Gasteiger partial charge in [-0.05, 0) is 17.9 Å². The normalized spacial score (nSPS) is 19.7. The third kappa shape index (κ3) is 4.40. The van der Waals surface area contributed by atoms with Gasteiger partial charge in [0.15, 0.2) is 15.6 Å². The Bertz CT molecular complexity index is 860. The van der Waals surface area contributed by atoms with Crippen molar-refractivity contribution in [2.45, 2.75) is 24.5 Å². The number of sulfone groups is 1. The molecule has 0 saturated carbocycles. The van der Waals surface area contributed by atoms with E-state index in [-0.39, 0.29) is 36.8 Å². The Hall–Kier alpha value is -1.99. The van der Waals surface area contributed by atoms with Crippen LogP contribution in [0.2, 0.25) is 0 Å². The van der Waals surface area contributed by atoms with Crippen LogP contribution in [0.15, 0.2) is 47.8 Å². The molecule has 1 atom stereocenters. The van der Waals surface area contributed by atoms with E-state index >= 15 is 0 Å².